The molecule has 0 aliphatic heterocycles. The molecular formula is C20H18FN5OS2. The number of rotatable bonds is 8. The van der Waals surface area contributed by atoms with Crippen LogP contribution in [-0.2, 0) is 6.42 Å². The maximum absolute atomic E-state index is 14.2. The first-order chi connectivity index (χ1) is 14.3. The van der Waals surface area contributed by atoms with Crippen LogP contribution in [0.25, 0.3) is 22.1 Å². The minimum Gasteiger partial charge on any atom is -0.339 e. The van der Waals surface area contributed by atoms with Crippen molar-refractivity contribution in [3.63, 3.8) is 0 Å². The Hall–Kier alpha value is -2.52. The van der Waals surface area contributed by atoms with Gasteiger partial charge in [-0.05, 0) is 42.8 Å². The third kappa shape index (κ3) is 3.97. The fourth-order valence-electron chi connectivity index (χ4n) is 3.11. The normalized spacial score (nSPS) is 13.8. The number of hydrogen-bond acceptors (Lipinski definition) is 7. The van der Waals surface area contributed by atoms with Crippen molar-refractivity contribution >= 4 is 23.1 Å². The van der Waals surface area contributed by atoms with Crippen molar-refractivity contribution in [2.45, 2.75) is 36.9 Å². The van der Waals surface area contributed by atoms with Gasteiger partial charge in [-0.2, -0.15) is 4.98 Å². The molecule has 1 fully saturated rings. The number of halogens is 1. The monoisotopic (exact) mass is 427 g/mol. The van der Waals surface area contributed by atoms with Crippen molar-refractivity contribution in [2.75, 3.05) is 5.75 Å². The van der Waals surface area contributed by atoms with Crippen LogP contribution in [0.3, 0.4) is 0 Å². The van der Waals surface area contributed by atoms with E-state index in [1.807, 2.05) is 23.6 Å². The highest BCUT2D eigenvalue weighted by atomic mass is 32.2. The molecule has 0 radical (unpaired) electrons. The third-order valence-corrected chi connectivity index (χ3v) is 6.56. The van der Waals surface area contributed by atoms with Gasteiger partial charge in [0.25, 0.3) is 0 Å². The van der Waals surface area contributed by atoms with E-state index in [4.69, 9.17) is 4.52 Å². The topological polar surface area (TPSA) is 69.6 Å². The van der Waals surface area contributed by atoms with Crippen molar-refractivity contribution < 1.29 is 8.91 Å². The van der Waals surface area contributed by atoms with Crippen LogP contribution in [0.5, 0.6) is 0 Å². The number of hydrogen-bond donors (Lipinski definition) is 0. The van der Waals surface area contributed by atoms with Gasteiger partial charge in [-0.3, -0.25) is 4.57 Å². The van der Waals surface area contributed by atoms with Crippen molar-refractivity contribution in [1.29, 1.82) is 0 Å². The molecule has 29 heavy (non-hydrogen) atoms. The summed E-state index contributed by atoms with van der Waals surface area (Å²) < 4.78 is 21.7. The van der Waals surface area contributed by atoms with E-state index in [1.165, 1.54) is 6.07 Å². The lowest BCUT2D eigenvalue weighted by molar-refractivity contribution is 0.378. The molecule has 3 heterocycles. The maximum Gasteiger partial charge on any atom is 0.227 e. The fraction of sp³-hybridized carbons (Fsp3) is 0.300. The van der Waals surface area contributed by atoms with Crippen LogP contribution in [0.1, 0.15) is 31.2 Å². The number of benzene rings is 1. The van der Waals surface area contributed by atoms with Gasteiger partial charge >= 0.3 is 0 Å². The van der Waals surface area contributed by atoms with E-state index in [-0.39, 0.29) is 5.82 Å². The van der Waals surface area contributed by atoms with E-state index in [0.717, 1.165) is 35.0 Å². The van der Waals surface area contributed by atoms with Crippen molar-refractivity contribution in [3.05, 3.63) is 53.5 Å². The summed E-state index contributed by atoms with van der Waals surface area (Å²) in [5, 5.41) is 15.5. The van der Waals surface area contributed by atoms with Crippen molar-refractivity contribution in [3.8, 4) is 22.1 Å². The Balaban J connectivity index is 1.23. The van der Waals surface area contributed by atoms with Crippen molar-refractivity contribution in [1.82, 2.24) is 24.9 Å². The molecule has 0 spiro atoms. The lowest BCUT2D eigenvalue weighted by atomic mass is 10.2. The molecule has 1 saturated carbocycles. The smallest absolute Gasteiger partial charge is 0.227 e. The summed E-state index contributed by atoms with van der Waals surface area (Å²) >= 11 is 3.23. The molecule has 1 aromatic carbocycles. The van der Waals surface area contributed by atoms with E-state index in [0.29, 0.717) is 35.6 Å². The van der Waals surface area contributed by atoms with Crippen LogP contribution in [0, 0.1) is 5.82 Å². The van der Waals surface area contributed by atoms with Crippen LogP contribution in [-0.4, -0.2) is 30.7 Å². The Morgan fingerprint density at radius 1 is 1.17 bits per heavy atom. The van der Waals surface area contributed by atoms with Gasteiger partial charge in [-0.25, -0.2) is 4.39 Å². The zero-order valence-corrected chi connectivity index (χ0v) is 17.1. The predicted octanol–water partition coefficient (Wildman–Crippen LogP) is 5.26. The van der Waals surface area contributed by atoms with E-state index >= 15 is 0 Å². The average molecular weight is 428 g/mol. The first-order valence-corrected chi connectivity index (χ1v) is 11.3. The predicted molar refractivity (Wildman–Crippen MR) is 110 cm³/mol. The minimum atomic E-state index is -0.267. The van der Waals surface area contributed by atoms with Crippen LogP contribution < -0.4 is 0 Å². The van der Waals surface area contributed by atoms with E-state index in [9.17, 15) is 4.39 Å². The van der Waals surface area contributed by atoms with Crippen LogP contribution in [0.15, 0.2) is 51.5 Å². The molecule has 148 valence electrons. The molecule has 9 heteroatoms. The number of thiophene rings is 1. The standard InChI is InChI=1S/C20H18FN5OS2/c21-15-6-2-1-5-14(15)19-23-24-20(26(19)13-9-10-13)29-12-4-8-17-22-18(25-27-17)16-7-3-11-28-16/h1-3,5-7,11,13H,4,8-10,12H2. The number of thioether (sulfide) groups is 1. The number of aromatic nitrogens is 5. The van der Waals surface area contributed by atoms with Crippen LogP contribution in [0.2, 0.25) is 0 Å². The fourth-order valence-corrected chi connectivity index (χ4v) is 4.71. The van der Waals surface area contributed by atoms with Gasteiger partial charge in [0.2, 0.25) is 11.7 Å². The molecule has 0 saturated heterocycles. The van der Waals surface area contributed by atoms with Crippen LogP contribution >= 0.6 is 23.1 Å². The first kappa shape index (κ1) is 18.5. The highest BCUT2D eigenvalue weighted by molar-refractivity contribution is 7.99. The van der Waals surface area contributed by atoms with Gasteiger partial charge < -0.3 is 4.52 Å². The molecule has 3 aromatic heterocycles. The summed E-state index contributed by atoms with van der Waals surface area (Å²) in [5.41, 5.74) is 0.505. The second-order valence-electron chi connectivity index (χ2n) is 6.83. The zero-order chi connectivity index (χ0) is 19.6. The summed E-state index contributed by atoms with van der Waals surface area (Å²) in [7, 11) is 0. The lowest BCUT2D eigenvalue weighted by Crippen LogP contribution is -2.01. The molecule has 1 aliphatic rings. The Bertz CT molecular complexity index is 1100. The van der Waals surface area contributed by atoms with E-state index < -0.39 is 0 Å². The van der Waals surface area contributed by atoms with Gasteiger partial charge in [-0.15, -0.1) is 21.5 Å². The largest absolute Gasteiger partial charge is 0.339 e. The third-order valence-electron chi connectivity index (χ3n) is 4.67. The SMILES string of the molecule is Fc1ccccc1-c1nnc(SCCCc2nc(-c3cccs3)no2)n1C1CC1. The zero-order valence-electron chi connectivity index (χ0n) is 15.5. The Kier molecular flexibility index (Phi) is 5.15. The summed E-state index contributed by atoms with van der Waals surface area (Å²) in [4.78, 5) is 5.46. The molecule has 6 nitrogen and oxygen atoms in total. The summed E-state index contributed by atoms with van der Waals surface area (Å²) in [5.74, 6) is 2.48. The van der Waals surface area contributed by atoms with Gasteiger partial charge in [0.05, 0.1) is 10.4 Å². The molecule has 0 atom stereocenters. The summed E-state index contributed by atoms with van der Waals surface area (Å²) in [6, 6.07) is 11.0. The molecule has 0 amide bonds. The maximum atomic E-state index is 14.2. The van der Waals surface area contributed by atoms with Crippen molar-refractivity contribution in [2.24, 2.45) is 0 Å². The number of nitrogens with zero attached hydrogens (tertiary/aromatic N) is 5. The average Bonchev–Trinajstić information content (AvgIpc) is 3.15. The molecule has 5 rings (SSSR count). The molecule has 0 bridgehead atoms. The quantitative estimate of drug-likeness (QED) is 0.282. The van der Waals surface area contributed by atoms with Gasteiger partial charge in [0.1, 0.15) is 5.82 Å². The highest BCUT2D eigenvalue weighted by Gasteiger charge is 2.30. The second kappa shape index (κ2) is 8.08. The molecule has 1 aliphatic carbocycles. The van der Waals surface area contributed by atoms with Gasteiger partial charge in [0.15, 0.2) is 11.0 Å². The molecule has 0 unspecified atom stereocenters. The molecular weight excluding hydrogens is 409 g/mol. The molecule has 0 N–H and O–H groups in total. The summed E-state index contributed by atoms with van der Waals surface area (Å²) in [6.45, 7) is 0. The Morgan fingerprint density at radius 3 is 2.86 bits per heavy atom. The Morgan fingerprint density at radius 2 is 2.07 bits per heavy atom. The first-order valence-electron chi connectivity index (χ1n) is 9.48. The van der Waals surface area contributed by atoms with E-state index in [1.54, 1.807) is 35.2 Å². The highest BCUT2D eigenvalue weighted by Crippen LogP contribution is 2.41. The van der Waals surface area contributed by atoms with E-state index in [2.05, 4.69) is 24.9 Å². The van der Waals surface area contributed by atoms with Gasteiger partial charge in [-0.1, -0.05) is 35.1 Å². The lowest BCUT2D eigenvalue weighted by Gasteiger charge is -2.09. The minimum absolute atomic E-state index is 0.267. The summed E-state index contributed by atoms with van der Waals surface area (Å²) in [6.07, 6.45) is 3.76. The Labute approximate surface area is 175 Å². The molecule has 4 aromatic rings. The van der Waals surface area contributed by atoms with Crippen LogP contribution in [0.4, 0.5) is 4.39 Å². The van der Waals surface area contributed by atoms with Gasteiger partial charge in [0, 0.05) is 18.2 Å². The second-order valence-corrected chi connectivity index (χ2v) is 8.84. The number of aryl methyl sites for hydroxylation is 1.